The van der Waals surface area contributed by atoms with Gasteiger partial charge < -0.3 is 5.32 Å². The molecule has 0 bridgehead atoms. The Morgan fingerprint density at radius 2 is 2.03 bits per heavy atom. The summed E-state index contributed by atoms with van der Waals surface area (Å²) in [6.45, 7) is 7.61. The summed E-state index contributed by atoms with van der Waals surface area (Å²) < 4.78 is 0. The normalized spacial score (nSPS) is 18.8. The number of pyridine rings is 1. The van der Waals surface area contributed by atoms with Gasteiger partial charge in [0.15, 0.2) is 0 Å². The molecule has 1 aliphatic rings. The highest BCUT2D eigenvalue weighted by Gasteiger charge is 2.30. The first-order valence-electron chi connectivity index (χ1n) is 10.6. The van der Waals surface area contributed by atoms with Crippen molar-refractivity contribution < 1.29 is 4.79 Å². The first-order valence-corrected chi connectivity index (χ1v) is 11.4. The van der Waals surface area contributed by atoms with Gasteiger partial charge in [-0.3, -0.25) is 14.7 Å². The molecule has 30 heavy (non-hydrogen) atoms. The molecule has 4 nitrogen and oxygen atoms in total. The van der Waals surface area contributed by atoms with Crippen molar-refractivity contribution in [1.82, 2.24) is 15.2 Å². The molecule has 2 aromatic rings. The van der Waals surface area contributed by atoms with Crippen molar-refractivity contribution in [2.75, 3.05) is 6.54 Å². The lowest BCUT2D eigenvalue weighted by molar-refractivity contribution is -0.129. The Morgan fingerprint density at radius 3 is 2.70 bits per heavy atom. The van der Waals surface area contributed by atoms with E-state index in [2.05, 4.69) is 15.2 Å². The summed E-state index contributed by atoms with van der Waals surface area (Å²) in [6.07, 6.45) is 6.07. The van der Waals surface area contributed by atoms with Gasteiger partial charge in [0.05, 0.1) is 11.7 Å². The molecule has 1 aromatic heterocycles. The number of carbonyl (C=O) groups is 1. The highest BCUT2D eigenvalue weighted by atomic mass is 35.5. The molecule has 1 aliphatic heterocycles. The summed E-state index contributed by atoms with van der Waals surface area (Å²) in [7, 11) is 0. The lowest BCUT2D eigenvalue weighted by Crippen LogP contribution is -2.44. The third-order valence-electron chi connectivity index (χ3n) is 5.68. The maximum absolute atomic E-state index is 12.8. The van der Waals surface area contributed by atoms with Crippen molar-refractivity contribution >= 4 is 29.1 Å². The standard InChI is InChI=1S/C24H31Cl2N3O/c1-24(2,3)23(30)28-22(21-9-4-6-12-27-21)15-19-8-5-7-13-29(19)16-17-10-11-18(25)14-20(17)26/h4,6,9-12,14,19,22H,5,7-8,13,15-16H2,1-3H3,(H,28,30)/t19-,22+/m0/s1. The molecule has 162 valence electrons. The van der Waals surface area contributed by atoms with E-state index in [0.29, 0.717) is 16.1 Å². The lowest BCUT2D eigenvalue weighted by atomic mass is 9.91. The molecule has 0 saturated carbocycles. The Hall–Kier alpha value is -1.62. The zero-order chi connectivity index (χ0) is 21.7. The van der Waals surface area contributed by atoms with Crippen LogP contribution in [0.15, 0.2) is 42.6 Å². The summed E-state index contributed by atoms with van der Waals surface area (Å²) in [6, 6.07) is 11.8. The first kappa shape index (κ1) is 23.1. The quantitative estimate of drug-likeness (QED) is 0.586. The van der Waals surface area contributed by atoms with E-state index < -0.39 is 5.41 Å². The van der Waals surface area contributed by atoms with Crippen LogP contribution in [0.3, 0.4) is 0 Å². The molecule has 0 aliphatic carbocycles. The number of rotatable bonds is 6. The predicted molar refractivity (Wildman–Crippen MR) is 124 cm³/mol. The minimum Gasteiger partial charge on any atom is -0.347 e. The number of benzene rings is 1. The Morgan fingerprint density at radius 1 is 1.23 bits per heavy atom. The summed E-state index contributed by atoms with van der Waals surface area (Å²) in [5, 5.41) is 4.61. The van der Waals surface area contributed by atoms with Gasteiger partial charge in [0.25, 0.3) is 0 Å². The Bertz CT molecular complexity index is 851. The van der Waals surface area contributed by atoms with E-state index in [9.17, 15) is 4.79 Å². The summed E-state index contributed by atoms with van der Waals surface area (Å²) in [5.74, 6) is 0.0428. The molecule has 0 radical (unpaired) electrons. The fourth-order valence-corrected chi connectivity index (χ4v) is 4.35. The van der Waals surface area contributed by atoms with E-state index in [4.69, 9.17) is 23.2 Å². The third-order valence-corrected chi connectivity index (χ3v) is 6.26. The number of piperidine rings is 1. The van der Waals surface area contributed by atoms with Crippen LogP contribution < -0.4 is 5.32 Å². The van der Waals surface area contributed by atoms with E-state index in [0.717, 1.165) is 37.2 Å². The smallest absolute Gasteiger partial charge is 0.225 e. The molecule has 1 N–H and O–H groups in total. The number of halogens is 2. The third kappa shape index (κ3) is 6.19. The molecule has 3 rings (SSSR count). The number of hydrogen-bond acceptors (Lipinski definition) is 3. The van der Waals surface area contributed by atoms with Crippen LogP contribution in [0, 0.1) is 5.41 Å². The second-order valence-corrected chi connectivity index (χ2v) is 9.97. The van der Waals surface area contributed by atoms with E-state index in [1.54, 1.807) is 12.3 Å². The van der Waals surface area contributed by atoms with Crippen LogP contribution in [0.4, 0.5) is 0 Å². The van der Waals surface area contributed by atoms with Gasteiger partial charge >= 0.3 is 0 Å². The van der Waals surface area contributed by atoms with Crippen LogP contribution in [0.25, 0.3) is 0 Å². The van der Waals surface area contributed by atoms with Crippen molar-refractivity contribution in [1.29, 1.82) is 0 Å². The van der Waals surface area contributed by atoms with Gasteiger partial charge in [-0.2, -0.15) is 0 Å². The molecule has 1 aromatic carbocycles. The van der Waals surface area contributed by atoms with Gasteiger partial charge in [-0.15, -0.1) is 0 Å². The number of aromatic nitrogens is 1. The Kier molecular flexibility index (Phi) is 7.78. The monoisotopic (exact) mass is 447 g/mol. The highest BCUT2D eigenvalue weighted by molar-refractivity contribution is 6.35. The largest absolute Gasteiger partial charge is 0.347 e. The van der Waals surface area contributed by atoms with Gasteiger partial charge in [0.2, 0.25) is 5.91 Å². The molecule has 2 atom stereocenters. The minimum atomic E-state index is -0.448. The maximum atomic E-state index is 12.8. The molecular formula is C24H31Cl2N3O. The molecule has 0 spiro atoms. The van der Waals surface area contributed by atoms with Crippen LogP contribution in [-0.2, 0) is 11.3 Å². The molecular weight excluding hydrogens is 417 g/mol. The van der Waals surface area contributed by atoms with Gasteiger partial charge in [-0.05, 0) is 55.6 Å². The van der Waals surface area contributed by atoms with Crippen LogP contribution in [-0.4, -0.2) is 28.4 Å². The molecule has 1 amide bonds. The first-order chi connectivity index (χ1) is 14.2. The average Bonchev–Trinajstić information content (AvgIpc) is 2.70. The Labute approximate surface area is 190 Å². The highest BCUT2D eigenvalue weighted by Crippen LogP contribution is 2.30. The summed E-state index contributed by atoms with van der Waals surface area (Å²) in [5.41, 5.74) is 1.54. The van der Waals surface area contributed by atoms with Crippen molar-refractivity contribution in [3.8, 4) is 0 Å². The number of likely N-dealkylation sites (tertiary alicyclic amines) is 1. The number of carbonyl (C=O) groups excluding carboxylic acids is 1. The number of nitrogens with one attached hydrogen (secondary N) is 1. The zero-order valence-corrected chi connectivity index (χ0v) is 19.5. The minimum absolute atomic E-state index is 0.0428. The van der Waals surface area contributed by atoms with Gasteiger partial charge in [0.1, 0.15) is 0 Å². The van der Waals surface area contributed by atoms with Crippen molar-refractivity contribution in [2.45, 2.75) is 65.1 Å². The number of hydrogen-bond donors (Lipinski definition) is 1. The molecule has 0 unspecified atom stereocenters. The topological polar surface area (TPSA) is 45.2 Å². The van der Waals surface area contributed by atoms with Crippen LogP contribution >= 0.6 is 23.2 Å². The summed E-state index contributed by atoms with van der Waals surface area (Å²) >= 11 is 12.5. The number of nitrogens with zero attached hydrogens (tertiary/aromatic N) is 2. The fraction of sp³-hybridized carbons (Fsp3) is 0.500. The van der Waals surface area contributed by atoms with Crippen LogP contribution in [0.5, 0.6) is 0 Å². The van der Waals surface area contributed by atoms with Gasteiger partial charge in [-0.1, -0.05) is 62.5 Å². The maximum Gasteiger partial charge on any atom is 0.225 e. The average molecular weight is 448 g/mol. The van der Waals surface area contributed by atoms with Gasteiger partial charge in [-0.25, -0.2) is 0 Å². The van der Waals surface area contributed by atoms with Crippen molar-refractivity contribution in [3.05, 3.63) is 63.9 Å². The van der Waals surface area contributed by atoms with Crippen LogP contribution in [0.1, 0.15) is 63.8 Å². The van der Waals surface area contributed by atoms with Gasteiger partial charge in [0, 0.05) is 34.2 Å². The van der Waals surface area contributed by atoms with E-state index in [1.165, 1.54) is 12.8 Å². The van der Waals surface area contributed by atoms with Crippen LogP contribution in [0.2, 0.25) is 10.0 Å². The van der Waals surface area contributed by atoms with E-state index >= 15 is 0 Å². The SMILES string of the molecule is CC(C)(C)C(=O)N[C@H](C[C@@H]1CCCCN1Cc1ccc(Cl)cc1Cl)c1ccccn1. The zero-order valence-electron chi connectivity index (χ0n) is 18.0. The number of amides is 1. The predicted octanol–water partition coefficient (Wildman–Crippen LogP) is 6.04. The summed E-state index contributed by atoms with van der Waals surface area (Å²) in [4.78, 5) is 19.8. The lowest BCUT2D eigenvalue weighted by Gasteiger charge is -2.38. The molecule has 1 fully saturated rings. The molecule has 6 heteroatoms. The second kappa shape index (κ2) is 10.1. The van der Waals surface area contributed by atoms with Crippen molar-refractivity contribution in [2.24, 2.45) is 5.41 Å². The van der Waals surface area contributed by atoms with E-state index in [1.807, 2.05) is 51.1 Å². The van der Waals surface area contributed by atoms with E-state index in [-0.39, 0.29) is 11.9 Å². The molecule has 1 saturated heterocycles. The molecule has 2 heterocycles. The van der Waals surface area contributed by atoms with Crippen molar-refractivity contribution in [3.63, 3.8) is 0 Å². The fourth-order valence-electron chi connectivity index (χ4n) is 3.89. The second-order valence-electron chi connectivity index (χ2n) is 9.12. The Balaban J connectivity index is 1.79.